The van der Waals surface area contributed by atoms with Gasteiger partial charge in [0.25, 0.3) is 0 Å². The van der Waals surface area contributed by atoms with Crippen LogP contribution in [-0.2, 0) is 4.79 Å². The van der Waals surface area contributed by atoms with Crippen molar-refractivity contribution in [2.75, 3.05) is 27.2 Å². The number of hydrogen-bond acceptors (Lipinski definition) is 4. The fourth-order valence-electron chi connectivity index (χ4n) is 1.31. The van der Waals surface area contributed by atoms with Gasteiger partial charge in [0.05, 0.1) is 0 Å². The monoisotopic (exact) mass is 241 g/mol. The number of hydrogen-bond donors (Lipinski definition) is 2. The molecule has 0 spiro atoms. The topological polar surface area (TPSA) is 58.4 Å². The molecule has 0 bridgehead atoms. The number of nitrogens with zero attached hydrogens (tertiary/aromatic N) is 1. The van der Waals surface area contributed by atoms with Crippen molar-refractivity contribution in [1.29, 1.82) is 0 Å². The summed E-state index contributed by atoms with van der Waals surface area (Å²) in [5.74, 6) is -0.0961. The van der Waals surface area contributed by atoms with Crippen molar-refractivity contribution >= 4 is 17.2 Å². The number of carbonyl (C=O) groups excluding carboxylic acids is 1. The Labute approximate surface area is 100 Å². The van der Waals surface area contributed by atoms with E-state index in [0.717, 1.165) is 17.8 Å². The molecule has 1 aromatic heterocycles. The number of rotatable bonds is 6. The van der Waals surface area contributed by atoms with Gasteiger partial charge in [0.1, 0.15) is 6.04 Å². The van der Waals surface area contributed by atoms with Gasteiger partial charge in [0.2, 0.25) is 5.91 Å². The lowest BCUT2D eigenvalue weighted by Crippen LogP contribution is -2.35. The zero-order valence-corrected chi connectivity index (χ0v) is 10.6. The van der Waals surface area contributed by atoms with Crippen LogP contribution in [0.2, 0.25) is 0 Å². The van der Waals surface area contributed by atoms with Crippen molar-refractivity contribution < 1.29 is 4.79 Å². The zero-order chi connectivity index (χ0) is 12.0. The molecule has 16 heavy (non-hydrogen) atoms. The second-order valence-corrected chi connectivity index (χ2v) is 4.92. The first-order chi connectivity index (χ1) is 7.61. The predicted molar refractivity (Wildman–Crippen MR) is 67.4 cm³/mol. The molecule has 0 aliphatic rings. The lowest BCUT2D eigenvalue weighted by atomic mass is 10.2. The van der Waals surface area contributed by atoms with Crippen LogP contribution in [0.1, 0.15) is 17.3 Å². The van der Waals surface area contributed by atoms with Gasteiger partial charge in [-0.1, -0.05) is 6.07 Å². The van der Waals surface area contributed by atoms with E-state index in [4.69, 9.17) is 5.73 Å². The average molecular weight is 241 g/mol. The van der Waals surface area contributed by atoms with Crippen LogP contribution in [0.25, 0.3) is 0 Å². The summed E-state index contributed by atoms with van der Waals surface area (Å²) >= 11 is 1.51. The largest absolute Gasteiger partial charge is 0.354 e. The smallest absolute Gasteiger partial charge is 0.242 e. The summed E-state index contributed by atoms with van der Waals surface area (Å²) in [5, 5.41) is 4.77. The molecule has 1 rings (SSSR count). The molecule has 0 aromatic carbocycles. The minimum atomic E-state index is -0.528. The Morgan fingerprint density at radius 2 is 2.38 bits per heavy atom. The standard InChI is InChI=1S/C11H19N3OS/c1-14(2)7-4-6-13-11(15)10(12)9-5-3-8-16-9/h3,5,8,10H,4,6-7,12H2,1-2H3,(H,13,15). The molecule has 0 aliphatic heterocycles. The van der Waals surface area contributed by atoms with Gasteiger partial charge in [0.15, 0.2) is 0 Å². The molecule has 1 atom stereocenters. The van der Waals surface area contributed by atoms with E-state index in [1.54, 1.807) is 0 Å². The van der Waals surface area contributed by atoms with Gasteiger partial charge in [-0.3, -0.25) is 4.79 Å². The van der Waals surface area contributed by atoms with Crippen LogP contribution in [-0.4, -0.2) is 38.0 Å². The summed E-state index contributed by atoms with van der Waals surface area (Å²) in [4.78, 5) is 14.6. The highest BCUT2D eigenvalue weighted by Crippen LogP contribution is 2.16. The molecule has 90 valence electrons. The van der Waals surface area contributed by atoms with Crippen LogP contribution in [0.5, 0.6) is 0 Å². The SMILES string of the molecule is CN(C)CCCNC(=O)C(N)c1cccs1. The van der Waals surface area contributed by atoms with Crippen LogP contribution >= 0.6 is 11.3 Å². The molecule has 0 radical (unpaired) electrons. The maximum absolute atomic E-state index is 11.6. The van der Waals surface area contributed by atoms with E-state index >= 15 is 0 Å². The second kappa shape index (κ2) is 6.62. The van der Waals surface area contributed by atoms with Gasteiger partial charge in [-0.15, -0.1) is 11.3 Å². The zero-order valence-electron chi connectivity index (χ0n) is 9.77. The summed E-state index contributed by atoms with van der Waals surface area (Å²) in [6, 6.07) is 3.26. The first kappa shape index (κ1) is 13.2. The van der Waals surface area contributed by atoms with Crippen molar-refractivity contribution in [2.45, 2.75) is 12.5 Å². The van der Waals surface area contributed by atoms with Gasteiger partial charge in [-0.25, -0.2) is 0 Å². The third-order valence-corrected chi connectivity index (χ3v) is 3.17. The van der Waals surface area contributed by atoms with Crippen molar-refractivity contribution in [3.8, 4) is 0 Å². The maximum atomic E-state index is 11.6. The molecule has 1 aromatic rings. The van der Waals surface area contributed by atoms with E-state index in [1.807, 2.05) is 31.6 Å². The highest BCUT2D eigenvalue weighted by molar-refractivity contribution is 7.10. The summed E-state index contributed by atoms with van der Waals surface area (Å²) < 4.78 is 0. The molecule has 0 saturated heterocycles. The van der Waals surface area contributed by atoms with E-state index in [0.29, 0.717) is 6.54 Å². The Bertz CT molecular complexity index is 311. The minimum Gasteiger partial charge on any atom is -0.354 e. The maximum Gasteiger partial charge on any atom is 0.242 e. The molecule has 5 heteroatoms. The highest BCUT2D eigenvalue weighted by atomic mass is 32.1. The Balaban J connectivity index is 2.25. The van der Waals surface area contributed by atoms with Gasteiger partial charge < -0.3 is 16.0 Å². The molecule has 4 nitrogen and oxygen atoms in total. The fraction of sp³-hybridized carbons (Fsp3) is 0.545. The minimum absolute atomic E-state index is 0.0961. The molecule has 1 heterocycles. The molecule has 1 unspecified atom stereocenters. The second-order valence-electron chi connectivity index (χ2n) is 3.94. The summed E-state index contributed by atoms with van der Waals surface area (Å²) in [6.45, 7) is 1.64. The Morgan fingerprint density at radius 3 is 2.94 bits per heavy atom. The van der Waals surface area contributed by atoms with E-state index in [-0.39, 0.29) is 5.91 Å². The lowest BCUT2D eigenvalue weighted by Gasteiger charge is -2.12. The normalized spacial score (nSPS) is 12.8. The van der Waals surface area contributed by atoms with Gasteiger partial charge in [0, 0.05) is 11.4 Å². The van der Waals surface area contributed by atoms with Crippen molar-refractivity contribution in [1.82, 2.24) is 10.2 Å². The molecular weight excluding hydrogens is 222 g/mol. The van der Waals surface area contributed by atoms with Crippen molar-refractivity contribution in [3.63, 3.8) is 0 Å². The Hall–Kier alpha value is -0.910. The van der Waals surface area contributed by atoms with Gasteiger partial charge >= 0.3 is 0 Å². The first-order valence-electron chi connectivity index (χ1n) is 5.32. The van der Waals surface area contributed by atoms with Crippen LogP contribution in [0.4, 0.5) is 0 Å². The number of thiophene rings is 1. The van der Waals surface area contributed by atoms with Crippen LogP contribution in [0.3, 0.4) is 0 Å². The van der Waals surface area contributed by atoms with Crippen molar-refractivity contribution in [2.24, 2.45) is 5.73 Å². The summed E-state index contributed by atoms with van der Waals surface area (Å²) in [7, 11) is 4.03. The van der Waals surface area contributed by atoms with E-state index in [1.165, 1.54) is 11.3 Å². The van der Waals surface area contributed by atoms with Crippen LogP contribution in [0, 0.1) is 0 Å². The Morgan fingerprint density at radius 1 is 1.62 bits per heavy atom. The van der Waals surface area contributed by atoms with Crippen LogP contribution < -0.4 is 11.1 Å². The fourth-order valence-corrected chi connectivity index (χ4v) is 2.04. The van der Waals surface area contributed by atoms with E-state index < -0.39 is 6.04 Å². The third kappa shape index (κ3) is 4.30. The van der Waals surface area contributed by atoms with Crippen LogP contribution in [0.15, 0.2) is 17.5 Å². The predicted octanol–water partition coefficient (Wildman–Crippen LogP) is 0.816. The average Bonchev–Trinajstić information content (AvgIpc) is 2.76. The Kier molecular flexibility index (Phi) is 5.45. The number of nitrogens with two attached hydrogens (primary N) is 1. The first-order valence-corrected chi connectivity index (χ1v) is 6.20. The van der Waals surface area contributed by atoms with Gasteiger partial charge in [-0.05, 0) is 38.5 Å². The number of amides is 1. The van der Waals surface area contributed by atoms with E-state index in [2.05, 4.69) is 10.2 Å². The molecule has 0 fully saturated rings. The quantitative estimate of drug-likeness (QED) is 0.725. The molecular formula is C11H19N3OS. The van der Waals surface area contributed by atoms with Gasteiger partial charge in [-0.2, -0.15) is 0 Å². The molecule has 0 aliphatic carbocycles. The molecule has 3 N–H and O–H groups in total. The third-order valence-electron chi connectivity index (χ3n) is 2.21. The molecule has 1 amide bonds. The number of nitrogens with one attached hydrogen (secondary N) is 1. The molecule has 0 saturated carbocycles. The number of carbonyl (C=O) groups is 1. The van der Waals surface area contributed by atoms with E-state index in [9.17, 15) is 4.79 Å². The summed E-state index contributed by atoms with van der Waals surface area (Å²) in [5.41, 5.74) is 5.81. The highest BCUT2D eigenvalue weighted by Gasteiger charge is 2.15. The summed E-state index contributed by atoms with van der Waals surface area (Å²) in [6.07, 6.45) is 0.940. The lowest BCUT2D eigenvalue weighted by molar-refractivity contribution is -0.122. The van der Waals surface area contributed by atoms with Crippen molar-refractivity contribution in [3.05, 3.63) is 22.4 Å².